The molecule has 0 bridgehead atoms. The molecule has 0 saturated carbocycles. The van der Waals surface area contributed by atoms with Gasteiger partial charge in [0, 0.05) is 42.0 Å². The molecule has 2 unspecified atom stereocenters. The van der Waals surface area contributed by atoms with E-state index in [1.807, 2.05) is 18.7 Å². The monoisotopic (exact) mass is 381 g/mol. The zero-order valence-corrected chi connectivity index (χ0v) is 18.1. The molecule has 1 aromatic heterocycles. The number of benzene rings is 1. The Morgan fingerprint density at radius 2 is 2.04 bits per heavy atom. The molecule has 4 nitrogen and oxygen atoms in total. The number of nitrogens with zero attached hydrogens (tertiary/aromatic N) is 2. The van der Waals surface area contributed by atoms with Crippen molar-refractivity contribution in [3.05, 3.63) is 35.5 Å². The van der Waals surface area contributed by atoms with Crippen molar-refractivity contribution in [2.24, 2.45) is 5.41 Å². The third kappa shape index (κ3) is 4.41. The third-order valence-corrected chi connectivity index (χ3v) is 6.38. The van der Waals surface area contributed by atoms with Crippen molar-refractivity contribution < 1.29 is 4.79 Å². The lowest BCUT2D eigenvalue weighted by molar-refractivity contribution is -0.120. The van der Waals surface area contributed by atoms with Gasteiger partial charge in [-0.25, -0.2) is 0 Å². The Kier molecular flexibility index (Phi) is 7.69. The summed E-state index contributed by atoms with van der Waals surface area (Å²) in [5, 5.41) is 10.7. The first-order valence-electron chi connectivity index (χ1n) is 10.7. The van der Waals surface area contributed by atoms with E-state index in [1.165, 1.54) is 16.6 Å². The van der Waals surface area contributed by atoms with Crippen molar-refractivity contribution in [3.8, 4) is 6.19 Å². The second-order valence-electron chi connectivity index (χ2n) is 7.82. The topological polar surface area (TPSA) is 59.9 Å². The third-order valence-electron chi connectivity index (χ3n) is 6.38. The molecule has 3 rings (SSSR count). The van der Waals surface area contributed by atoms with Crippen molar-refractivity contribution in [1.29, 1.82) is 5.26 Å². The maximum atomic E-state index is 12.1. The first kappa shape index (κ1) is 22.0. The number of carbonyl (C=O) groups excluding carboxylic acids is 1. The number of ketones is 1. The van der Waals surface area contributed by atoms with Gasteiger partial charge in [-0.05, 0) is 49.7 Å². The summed E-state index contributed by atoms with van der Waals surface area (Å²) >= 11 is 0. The molecule has 28 heavy (non-hydrogen) atoms. The summed E-state index contributed by atoms with van der Waals surface area (Å²) in [6.45, 7) is 11.7. The number of hydrogen-bond donors (Lipinski definition) is 1. The summed E-state index contributed by atoms with van der Waals surface area (Å²) in [6, 6.07) is 8.41. The van der Waals surface area contributed by atoms with E-state index in [1.54, 1.807) is 6.92 Å². The van der Waals surface area contributed by atoms with Crippen LogP contribution in [0.3, 0.4) is 0 Å². The van der Waals surface area contributed by atoms with Crippen LogP contribution >= 0.6 is 0 Å². The van der Waals surface area contributed by atoms with Crippen molar-refractivity contribution in [3.63, 3.8) is 0 Å². The Balaban J connectivity index is 0.00000136. The van der Waals surface area contributed by atoms with E-state index in [4.69, 9.17) is 0 Å². The fourth-order valence-corrected chi connectivity index (χ4v) is 4.81. The van der Waals surface area contributed by atoms with E-state index in [0.717, 1.165) is 44.3 Å². The van der Waals surface area contributed by atoms with Gasteiger partial charge in [0.1, 0.15) is 5.78 Å². The first-order valence-corrected chi connectivity index (χ1v) is 10.7. The van der Waals surface area contributed by atoms with Crippen LogP contribution in [0.25, 0.3) is 10.9 Å². The number of nitriles is 1. The van der Waals surface area contributed by atoms with Crippen molar-refractivity contribution in [1.82, 2.24) is 9.88 Å². The number of fused-ring (bicyclic) bond motifs is 3. The number of carbonyl (C=O) groups is 1. The number of nitrogens with one attached hydrogen (secondary N) is 1. The number of aromatic amines is 1. The SMILES string of the molecule is CC.CCC1(CC(C)=O)CCCN(C#N)CCc2c([nH]c3ccccc23)C1C. The van der Waals surface area contributed by atoms with Gasteiger partial charge >= 0.3 is 0 Å². The van der Waals surface area contributed by atoms with E-state index in [9.17, 15) is 10.1 Å². The van der Waals surface area contributed by atoms with Gasteiger partial charge in [-0.15, -0.1) is 0 Å². The van der Waals surface area contributed by atoms with Gasteiger partial charge in [-0.2, -0.15) is 5.26 Å². The lowest BCUT2D eigenvalue weighted by atomic mass is 9.66. The van der Waals surface area contributed by atoms with Crippen molar-refractivity contribution >= 4 is 16.7 Å². The predicted octanol–water partition coefficient (Wildman–Crippen LogP) is 5.79. The molecule has 0 aliphatic carbocycles. The van der Waals surface area contributed by atoms with Gasteiger partial charge in [-0.1, -0.05) is 45.9 Å². The molecular weight excluding hydrogens is 346 g/mol. The molecule has 1 aliphatic rings. The highest BCUT2D eigenvalue weighted by Gasteiger charge is 2.38. The Morgan fingerprint density at radius 1 is 1.32 bits per heavy atom. The average Bonchev–Trinajstić information content (AvgIpc) is 3.08. The Morgan fingerprint density at radius 3 is 2.68 bits per heavy atom. The summed E-state index contributed by atoms with van der Waals surface area (Å²) in [6.07, 6.45) is 6.70. The van der Waals surface area contributed by atoms with Gasteiger partial charge < -0.3 is 14.7 Å². The van der Waals surface area contributed by atoms with Gasteiger partial charge in [0.25, 0.3) is 0 Å². The van der Waals surface area contributed by atoms with Crippen LogP contribution in [0.4, 0.5) is 0 Å². The quantitative estimate of drug-likeness (QED) is 0.684. The van der Waals surface area contributed by atoms with E-state index in [0.29, 0.717) is 6.42 Å². The predicted molar refractivity (Wildman–Crippen MR) is 116 cm³/mol. The van der Waals surface area contributed by atoms with Crippen molar-refractivity contribution in [2.75, 3.05) is 13.1 Å². The van der Waals surface area contributed by atoms with Crippen LogP contribution in [0.2, 0.25) is 0 Å². The van der Waals surface area contributed by atoms with Crippen LogP contribution in [0.15, 0.2) is 24.3 Å². The highest BCUT2D eigenvalue weighted by Crippen LogP contribution is 2.47. The van der Waals surface area contributed by atoms with Gasteiger partial charge in [0.05, 0.1) is 0 Å². The molecular formula is C24H35N3O. The fraction of sp³-hybridized carbons (Fsp3) is 0.583. The normalized spacial score (nSPS) is 22.6. The van der Waals surface area contributed by atoms with Gasteiger partial charge in [-0.3, -0.25) is 0 Å². The Bertz CT molecular complexity index is 832. The van der Waals surface area contributed by atoms with E-state index < -0.39 is 0 Å². The fourth-order valence-electron chi connectivity index (χ4n) is 4.81. The molecule has 0 spiro atoms. The zero-order valence-electron chi connectivity index (χ0n) is 18.1. The van der Waals surface area contributed by atoms with E-state index >= 15 is 0 Å². The molecule has 0 fully saturated rings. The van der Waals surface area contributed by atoms with Crippen LogP contribution in [0.5, 0.6) is 0 Å². The lowest BCUT2D eigenvalue weighted by Crippen LogP contribution is -2.33. The van der Waals surface area contributed by atoms with E-state index in [-0.39, 0.29) is 17.1 Å². The summed E-state index contributed by atoms with van der Waals surface area (Å²) < 4.78 is 0. The van der Waals surface area contributed by atoms with Crippen molar-refractivity contribution in [2.45, 2.75) is 72.6 Å². The molecule has 2 heterocycles. The number of hydrogen-bond acceptors (Lipinski definition) is 3. The molecule has 2 atom stereocenters. The minimum Gasteiger partial charge on any atom is -0.358 e. The zero-order chi connectivity index (χ0) is 20.7. The maximum absolute atomic E-state index is 12.1. The lowest BCUT2D eigenvalue weighted by Gasteiger charge is -2.39. The maximum Gasteiger partial charge on any atom is 0.179 e. The molecule has 0 amide bonds. The summed E-state index contributed by atoms with van der Waals surface area (Å²) in [5.74, 6) is 0.540. The number of aromatic nitrogens is 1. The average molecular weight is 382 g/mol. The highest BCUT2D eigenvalue weighted by molar-refractivity contribution is 5.85. The number of para-hydroxylation sites is 1. The summed E-state index contributed by atoms with van der Waals surface area (Å²) in [4.78, 5) is 17.6. The summed E-state index contributed by atoms with van der Waals surface area (Å²) in [5.41, 5.74) is 3.67. The second-order valence-corrected chi connectivity index (χ2v) is 7.82. The van der Waals surface area contributed by atoms with Crippen LogP contribution in [0, 0.1) is 16.9 Å². The smallest absolute Gasteiger partial charge is 0.179 e. The number of Topliss-reactive ketones (excluding diaryl/α,β-unsaturated/α-hetero) is 1. The minimum atomic E-state index is -0.0556. The Hall–Kier alpha value is -2.28. The molecule has 1 aromatic carbocycles. The molecule has 4 heteroatoms. The second kappa shape index (κ2) is 9.78. The van der Waals surface area contributed by atoms with Crippen LogP contribution in [-0.4, -0.2) is 28.8 Å². The standard InChI is InChI=1S/C22H29N3O.C2H6/c1-4-22(14-16(2)26)11-7-12-25(15-23)13-10-19-18-8-5-6-9-20(18)24-21(19)17(22)3;1-2/h5-6,8-9,17,24H,4,7,10-14H2,1-3H3;1-2H3. The van der Waals surface area contributed by atoms with Gasteiger partial charge in [0.15, 0.2) is 6.19 Å². The largest absolute Gasteiger partial charge is 0.358 e. The molecule has 0 saturated heterocycles. The van der Waals surface area contributed by atoms with Crippen LogP contribution < -0.4 is 0 Å². The molecule has 1 N–H and O–H groups in total. The molecule has 2 aromatic rings. The Labute approximate surface area is 169 Å². The first-order chi connectivity index (χ1) is 13.5. The van der Waals surface area contributed by atoms with Gasteiger partial charge in [0.2, 0.25) is 0 Å². The number of rotatable bonds is 3. The van der Waals surface area contributed by atoms with Crippen LogP contribution in [-0.2, 0) is 11.2 Å². The molecule has 152 valence electrons. The van der Waals surface area contributed by atoms with E-state index in [2.05, 4.69) is 49.3 Å². The highest BCUT2D eigenvalue weighted by atomic mass is 16.1. The van der Waals surface area contributed by atoms with Crippen LogP contribution in [0.1, 0.15) is 77.5 Å². The number of H-pyrrole nitrogens is 1. The molecule has 1 aliphatic heterocycles. The summed E-state index contributed by atoms with van der Waals surface area (Å²) in [7, 11) is 0. The molecule has 0 radical (unpaired) electrons. The minimum absolute atomic E-state index is 0.0556.